The van der Waals surface area contributed by atoms with Crippen LogP contribution in [-0.2, 0) is 28.5 Å². The minimum absolute atomic E-state index is 0.107. The maximum absolute atomic E-state index is 12.6. The van der Waals surface area contributed by atoms with Gasteiger partial charge in [0.1, 0.15) is 18.1 Å². The van der Waals surface area contributed by atoms with Gasteiger partial charge in [-0.25, -0.2) is 0 Å². The zero-order chi connectivity index (χ0) is 48.4. The third kappa shape index (κ3) is 18.6. The zero-order valence-corrected chi connectivity index (χ0v) is 37.6. The Balaban J connectivity index is 1.86. The predicted molar refractivity (Wildman–Crippen MR) is 237 cm³/mol. The Hall–Kier alpha value is -3.44. The Kier molecular flexibility index (Phi) is 23.6. The molecule has 3 rings (SSSR count). The molecule has 13 N–H and O–H groups in total. The van der Waals surface area contributed by atoms with Crippen LogP contribution in [0.1, 0.15) is 79.1 Å². The second kappa shape index (κ2) is 27.4. The van der Waals surface area contributed by atoms with E-state index in [2.05, 4.69) is 0 Å². The monoisotopic (exact) mass is 923 g/mol. The molecule has 65 heavy (non-hydrogen) atoms. The van der Waals surface area contributed by atoms with Crippen LogP contribution in [0.25, 0.3) is 0 Å². The van der Waals surface area contributed by atoms with Crippen molar-refractivity contribution in [1.29, 1.82) is 0 Å². The first kappa shape index (κ1) is 55.9. The Labute approximate surface area is 381 Å². The molecule has 19 unspecified atom stereocenters. The van der Waals surface area contributed by atoms with Crippen molar-refractivity contribution >= 4 is 11.9 Å². The summed E-state index contributed by atoms with van der Waals surface area (Å²) in [5, 5.41) is 118. The summed E-state index contributed by atoms with van der Waals surface area (Å²) in [5.74, 6) is -6.83. The molecule has 2 fully saturated rings. The summed E-state index contributed by atoms with van der Waals surface area (Å²) in [6.45, 7) is 6.74. The molecule has 0 aliphatic carbocycles. The van der Waals surface area contributed by atoms with Crippen LogP contribution < -0.4 is 5.73 Å². The molecule has 2 saturated heterocycles. The SMILES string of the molecule is CC1\C=C/C=C/C=C/C=C/C=C/C=C/C=C/C(OC2OC(C)C(O)C(N)C2O)CC2OC(O)(CC(O)CC(O)C(O)CCC(O)CC(O)CC(=O)OC(C)C(C)C1O)CC(O)C2C(=O)O. The highest BCUT2D eigenvalue weighted by Gasteiger charge is 2.51. The summed E-state index contributed by atoms with van der Waals surface area (Å²) >= 11 is 0. The Morgan fingerprint density at radius 1 is 0.662 bits per heavy atom. The lowest BCUT2D eigenvalue weighted by Gasteiger charge is -2.45. The van der Waals surface area contributed by atoms with Crippen LogP contribution in [-0.4, -0.2) is 166 Å². The van der Waals surface area contributed by atoms with E-state index in [-0.39, 0.29) is 31.6 Å². The normalized spacial score (nSPS) is 45.5. The first-order valence-corrected chi connectivity index (χ1v) is 22.3. The van der Waals surface area contributed by atoms with Crippen molar-refractivity contribution in [3.63, 3.8) is 0 Å². The quantitative estimate of drug-likeness (QED) is 0.174. The third-order valence-electron chi connectivity index (χ3n) is 12.0. The summed E-state index contributed by atoms with van der Waals surface area (Å²) in [6, 6.07) is -1.15. The molecule has 0 radical (unpaired) electrons. The molecule has 3 aliphatic heterocycles. The van der Waals surface area contributed by atoms with Crippen LogP contribution in [0.5, 0.6) is 0 Å². The van der Waals surface area contributed by atoms with Gasteiger partial charge >= 0.3 is 11.9 Å². The molecular formula is C47H73NO17. The lowest BCUT2D eigenvalue weighted by molar-refractivity contribution is -0.308. The van der Waals surface area contributed by atoms with E-state index in [0.717, 1.165) is 0 Å². The molecule has 3 aliphatic rings. The lowest BCUT2D eigenvalue weighted by Crippen LogP contribution is -2.61. The molecule has 18 heteroatoms. The molecule has 368 valence electrons. The van der Waals surface area contributed by atoms with E-state index in [1.807, 2.05) is 19.1 Å². The van der Waals surface area contributed by atoms with E-state index in [9.17, 15) is 65.8 Å². The number of ether oxygens (including phenoxy) is 4. The number of aliphatic carboxylic acids is 1. The Morgan fingerprint density at radius 3 is 1.82 bits per heavy atom. The van der Waals surface area contributed by atoms with E-state index in [1.54, 1.807) is 80.7 Å². The molecule has 0 spiro atoms. The van der Waals surface area contributed by atoms with Crippen molar-refractivity contribution in [3.8, 4) is 0 Å². The van der Waals surface area contributed by atoms with Gasteiger partial charge in [-0.1, -0.05) is 98.9 Å². The molecule has 0 aromatic rings. The van der Waals surface area contributed by atoms with Gasteiger partial charge in [-0.2, -0.15) is 0 Å². The van der Waals surface area contributed by atoms with Gasteiger partial charge in [-0.05, 0) is 33.1 Å². The lowest BCUT2D eigenvalue weighted by atomic mass is 9.82. The van der Waals surface area contributed by atoms with Crippen LogP contribution in [0.4, 0.5) is 0 Å². The van der Waals surface area contributed by atoms with Crippen molar-refractivity contribution in [2.75, 3.05) is 0 Å². The van der Waals surface area contributed by atoms with Gasteiger partial charge in [-0.3, -0.25) is 9.59 Å². The summed E-state index contributed by atoms with van der Waals surface area (Å²) in [6.07, 6.45) is 3.46. The average Bonchev–Trinajstić information content (AvgIpc) is 3.21. The molecule has 0 aromatic carbocycles. The van der Waals surface area contributed by atoms with E-state index in [1.165, 1.54) is 13.0 Å². The second-order valence-electron chi connectivity index (χ2n) is 17.6. The average molecular weight is 924 g/mol. The van der Waals surface area contributed by atoms with Gasteiger partial charge in [0.25, 0.3) is 0 Å². The van der Waals surface area contributed by atoms with Gasteiger partial charge in [-0.15, -0.1) is 0 Å². The van der Waals surface area contributed by atoms with E-state index in [0.29, 0.717) is 0 Å². The van der Waals surface area contributed by atoms with Gasteiger partial charge in [0.2, 0.25) is 0 Å². The molecule has 0 saturated carbocycles. The topological polar surface area (TPSA) is 320 Å². The van der Waals surface area contributed by atoms with Crippen molar-refractivity contribution < 1.29 is 84.7 Å². The summed E-state index contributed by atoms with van der Waals surface area (Å²) < 4.78 is 23.1. The number of cyclic esters (lactones) is 1. The van der Waals surface area contributed by atoms with Crippen LogP contribution in [0, 0.1) is 17.8 Å². The number of aliphatic hydroxyl groups is 10. The number of carbonyl (C=O) groups excluding carboxylic acids is 1. The fraction of sp³-hybridized carbons (Fsp3) is 0.660. The van der Waals surface area contributed by atoms with Crippen molar-refractivity contribution in [1.82, 2.24) is 0 Å². The highest BCUT2D eigenvalue weighted by atomic mass is 16.7. The van der Waals surface area contributed by atoms with Crippen molar-refractivity contribution in [3.05, 3.63) is 85.1 Å². The fourth-order valence-electron chi connectivity index (χ4n) is 7.97. The van der Waals surface area contributed by atoms with Gasteiger partial charge in [0.15, 0.2) is 12.1 Å². The number of rotatable bonds is 3. The molecule has 18 nitrogen and oxygen atoms in total. The van der Waals surface area contributed by atoms with E-state index in [4.69, 9.17) is 24.7 Å². The number of carboxylic acid groups (broad SMARTS) is 1. The standard InChI is InChI=1S/C47H73NO17/c1-27-17-15-13-11-9-7-5-6-8-10-12-14-16-18-34(64-46-44(58)41(48)43(57)30(4)63-46)24-38-40(45(59)60)37(54)26-47(61,65-38)25-33(51)22-36(53)35(52)20-19-31(49)21-32(50)23-39(55)62-29(3)28(2)42(27)56/h5-18,27-38,40-44,46,49-54,56-58,61H,19-26,48H2,1-4H3,(H,59,60)/b6-5+,9-7+,10-8+,13-11+,14-12+,17-15-,18-16+. The second-order valence-corrected chi connectivity index (χ2v) is 17.6. The number of nitrogens with two attached hydrogens (primary N) is 1. The maximum atomic E-state index is 12.6. The van der Waals surface area contributed by atoms with Crippen LogP contribution in [0.2, 0.25) is 0 Å². The number of carbonyl (C=O) groups is 2. The van der Waals surface area contributed by atoms with Gasteiger partial charge in [0, 0.05) is 37.5 Å². The van der Waals surface area contributed by atoms with Crippen molar-refractivity contribution in [2.45, 2.75) is 177 Å². The fourth-order valence-corrected chi connectivity index (χ4v) is 7.97. The molecule has 0 aromatic heterocycles. The predicted octanol–water partition coefficient (Wildman–Crippen LogP) is 0.712. The number of fused-ring (bicyclic) bond motifs is 2. The first-order valence-electron chi connectivity index (χ1n) is 22.3. The Morgan fingerprint density at radius 2 is 1.23 bits per heavy atom. The summed E-state index contributed by atoms with van der Waals surface area (Å²) in [4.78, 5) is 25.1. The Bertz CT molecular complexity index is 1670. The number of hydrogen-bond donors (Lipinski definition) is 12. The minimum Gasteiger partial charge on any atom is -0.481 e. The van der Waals surface area contributed by atoms with Gasteiger partial charge < -0.3 is 80.9 Å². The molecule has 19 atom stereocenters. The van der Waals surface area contributed by atoms with E-state index < -0.39 is 147 Å². The maximum Gasteiger partial charge on any atom is 0.311 e. The van der Waals surface area contributed by atoms with Crippen molar-refractivity contribution in [2.24, 2.45) is 23.5 Å². The van der Waals surface area contributed by atoms with Crippen LogP contribution >= 0.6 is 0 Å². The number of hydrogen-bond acceptors (Lipinski definition) is 17. The smallest absolute Gasteiger partial charge is 0.311 e. The molecule has 2 bridgehead atoms. The van der Waals surface area contributed by atoms with Crippen LogP contribution in [0.15, 0.2) is 85.1 Å². The highest BCUT2D eigenvalue weighted by Crippen LogP contribution is 2.38. The minimum atomic E-state index is -2.33. The molecule has 3 heterocycles. The van der Waals surface area contributed by atoms with Crippen LogP contribution in [0.3, 0.4) is 0 Å². The summed E-state index contributed by atoms with van der Waals surface area (Å²) in [7, 11) is 0. The highest BCUT2D eigenvalue weighted by molar-refractivity contribution is 5.71. The molecular weight excluding hydrogens is 851 g/mol. The number of aliphatic hydroxyl groups excluding tert-OH is 9. The first-order chi connectivity index (χ1) is 30.6. The number of allylic oxidation sites excluding steroid dienone is 12. The van der Waals surface area contributed by atoms with Gasteiger partial charge in [0.05, 0.1) is 79.6 Å². The number of esters is 1. The van der Waals surface area contributed by atoms with E-state index >= 15 is 0 Å². The summed E-state index contributed by atoms with van der Waals surface area (Å²) in [5.41, 5.74) is 6.02. The zero-order valence-electron chi connectivity index (χ0n) is 37.6. The number of carboxylic acids is 1. The largest absolute Gasteiger partial charge is 0.481 e. The molecule has 0 amide bonds. The third-order valence-corrected chi connectivity index (χ3v) is 12.0.